The quantitative estimate of drug-likeness (QED) is 0.636. The Labute approximate surface area is 181 Å². The summed E-state index contributed by atoms with van der Waals surface area (Å²) in [5.74, 6) is 1.95. The average molecular weight is 402 g/mol. The van der Waals surface area contributed by atoms with Crippen LogP contribution in [-0.2, 0) is 0 Å². The van der Waals surface area contributed by atoms with Crippen molar-refractivity contribution in [3.63, 3.8) is 0 Å². The molecule has 0 aromatic heterocycles. The number of aliphatic imine (C=N–C) groups is 1. The Hall–Kier alpha value is -2.29. The summed E-state index contributed by atoms with van der Waals surface area (Å²) < 4.78 is 0. The Kier molecular flexibility index (Phi) is 4.50. The first-order valence-electron chi connectivity index (χ1n) is 11.5. The van der Waals surface area contributed by atoms with E-state index in [1.54, 1.807) is 0 Å². The predicted molar refractivity (Wildman–Crippen MR) is 124 cm³/mol. The third kappa shape index (κ3) is 2.67. The normalized spacial score (nSPS) is 34.6. The van der Waals surface area contributed by atoms with Crippen LogP contribution in [0.3, 0.4) is 0 Å². The van der Waals surface area contributed by atoms with Gasteiger partial charge in [-0.05, 0) is 47.1 Å². The molecule has 5 atom stereocenters. The van der Waals surface area contributed by atoms with Gasteiger partial charge in [0.25, 0.3) is 0 Å². The first kappa shape index (κ1) is 19.7. The number of likely N-dealkylation sites (N-methyl/N-ethyl adjacent to an activating group) is 2. The second kappa shape index (κ2) is 6.87. The van der Waals surface area contributed by atoms with Gasteiger partial charge in [-0.2, -0.15) is 0 Å². The number of rotatable bonds is 3. The standard InChI is InChI=1S/C27H35N3/c1-26(2)21-16-17-27(26,3)22(18-21)28-25-29(4)23(19-12-8-6-9-13-19)24(30(25)5)20-14-10-7-11-15-20/h6-15,21-24H,16-18H2,1-5H3/t21-,22+,23+,24+,27-/m1/s1. The maximum absolute atomic E-state index is 5.51. The van der Waals surface area contributed by atoms with E-state index in [1.807, 2.05) is 0 Å². The molecule has 158 valence electrons. The van der Waals surface area contributed by atoms with Gasteiger partial charge in [0.2, 0.25) is 0 Å². The summed E-state index contributed by atoms with van der Waals surface area (Å²) >= 11 is 0. The topological polar surface area (TPSA) is 18.8 Å². The van der Waals surface area contributed by atoms with E-state index in [2.05, 4.69) is 105 Å². The molecule has 3 heteroatoms. The van der Waals surface area contributed by atoms with Crippen LogP contribution in [0.4, 0.5) is 0 Å². The molecule has 0 amide bonds. The molecule has 3 fully saturated rings. The minimum absolute atomic E-state index is 0.261. The fraction of sp³-hybridized carbons (Fsp3) is 0.519. The second-order valence-electron chi connectivity index (χ2n) is 10.5. The van der Waals surface area contributed by atoms with Crippen LogP contribution in [-0.4, -0.2) is 35.9 Å². The van der Waals surface area contributed by atoms with Crippen molar-refractivity contribution in [3.05, 3.63) is 71.8 Å². The molecule has 0 N–H and O–H groups in total. The molecule has 0 radical (unpaired) electrons. The maximum atomic E-state index is 5.51. The Morgan fingerprint density at radius 2 is 1.30 bits per heavy atom. The van der Waals surface area contributed by atoms with Crippen molar-refractivity contribution in [3.8, 4) is 0 Å². The van der Waals surface area contributed by atoms with Gasteiger partial charge < -0.3 is 9.80 Å². The van der Waals surface area contributed by atoms with Gasteiger partial charge in [-0.25, -0.2) is 4.99 Å². The molecule has 1 aliphatic heterocycles. The highest BCUT2D eigenvalue weighted by Gasteiger charge is 2.61. The van der Waals surface area contributed by atoms with Crippen molar-refractivity contribution in [1.29, 1.82) is 0 Å². The highest BCUT2D eigenvalue weighted by Crippen LogP contribution is 2.66. The molecule has 2 aromatic carbocycles. The monoisotopic (exact) mass is 401 g/mol. The molecule has 0 spiro atoms. The van der Waals surface area contributed by atoms with Crippen LogP contribution in [0.5, 0.6) is 0 Å². The second-order valence-corrected chi connectivity index (χ2v) is 10.5. The van der Waals surface area contributed by atoms with E-state index in [1.165, 1.54) is 30.4 Å². The lowest BCUT2D eigenvalue weighted by molar-refractivity contribution is 0.136. The lowest BCUT2D eigenvalue weighted by Crippen LogP contribution is -2.38. The van der Waals surface area contributed by atoms with Crippen LogP contribution in [0.15, 0.2) is 65.7 Å². The largest absolute Gasteiger partial charge is 0.336 e. The minimum atomic E-state index is 0.261. The maximum Gasteiger partial charge on any atom is 0.197 e. The van der Waals surface area contributed by atoms with Gasteiger partial charge in [0, 0.05) is 14.1 Å². The van der Waals surface area contributed by atoms with Crippen molar-refractivity contribution in [2.24, 2.45) is 21.7 Å². The zero-order chi connectivity index (χ0) is 21.1. The van der Waals surface area contributed by atoms with E-state index < -0.39 is 0 Å². The molecular weight excluding hydrogens is 366 g/mol. The highest BCUT2D eigenvalue weighted by molar-refractivity contribution is 5.83. The molecular formula is C27H35N3. The lowest BCUT2D eigenvalue weighted by atomic mass is 9.69. The van der Waals surface area contributed by atoms with Crippen LogP contribution in [0, 0.1) is 16.7 Å². The fourth-order valence-corrected chi connectivity index (χ4v) is 6.71. The number of hydrogen-bond donors (Lipinski definition) is 0. The minimum Gasteiger partial charge on any atom is -0.336 e. The van der Waals surface area contributed by atoms with Crippen LogP contribution >= 0.6 is 0 Å². The summed E-state index contributed by atoms with van der Waals surface area (Å²) in [6.45, 7) is 7.45. The summed E-state index contributed by atoms with van der Waals surface area (Å²) in [7, 11) is 4.47. The number of hydrogen-bond acceptors (Lipinski definition) is 1. The van der Waals surface area contributed by atoms with E-state index in [4.69, 9.17) is 4.99 Å². The molecule has 2 aromatic rings. The van der Waals surface area contributed by atoms with Gasteiger partial charge in [-0.15, -0.1) is 0 Å². The van der Waals surface area contributed by atoms with Crippen molar-refractivity contribution in [2.75, 3.05) is 14.1 Å². The van der Waals surface area contributed by atoms with Crippen LogP contribution in [0.25, 0.3) is 0 Å². The zero-order valence-electron chi connectivity index (χ0n) is 19.0. The van der Waals surface area contributed by atoms with Gasteiger partial charge in [0.05, 0.1) is 18.1 Å². The van der Waals surface area contributed by atoms with E-state index in [0.717, 1.165) is 11.9 Å². The molecule has 2 bridgehead atoms. The summed E-state index contributed by atoms with van der Waals surface area (Å²) in [5.41, 5.74) is 3.39. The summed E-state index contributed by atoms with van der Waals surface area (Å²) in [5, 5.41) is 0. The smallest absolute Gasteiger partial charge is 0.197 e. The SMILES string of the molecule is CN1C(=N[C@H]2C[C@H]3CC[C@@]2(C)C3(C)C)N(C)[C@@H](c2ccccc2)[C@@H]1c1ccccc1. The number of guanidine groups is 1. The number of fused-ring (bicyclic) bond motifs is 2. The van der Waals surface area contributed by atoms with E-state index in [0.29, 0.717) is 16.9 Å². The van der Waals surface area contributed by atoms with Crippen molar-refractivity contribution in [1.82, 2.24) is 9.80 Å². The summed E-state index contributed by atoms with van der Waals surface area (Å²) in [6.07, 6.45) is 3.92. The Bertz CT molecular complexity index is 882. The molecule has 2 aliphatic carbocycles. The van der Waals surface area contributed by atoms with E-state index in [9.17, 15) is 0 Å². The van der Waals surface area contributed by atoms with E-state index in [-0.39, 0.29) is 12.1 Å². The fourth-order valence-electron chi connectivity index (χ4n) is 6.71. The average Bonchev–Trinajstić information content (AvgIpc) is 3.21. The van der Waals surface area contributed by atoms with Crippen molar-refractivity contribution in [2.45, 2.75) is 58.2 Å². The van der Waals surface area contributed by atoms with Gasteiger partial charge in [-0.1, -0.05) is 81.4 Å². The third-order valence-electron chi connectivity index (χ3n) is 9.07. The third-order valence-corrected chi connectivity index (χ3v) is 9.07. The molecule has 1 saturated heterocycles. The van der Waals surface area contributed by atoms with Gasteiger partial charge in [0.1, 0.15) is 0 Å². The Balaban J connectivity index is 1.57. The van der Waals surface area contributed by atoms with Crippen molar-refractivity contribution >= 4 is 5.96 Å². The van der Waals surface area contributed by atoms with Gasteiger partial charge in [-0.3, -0.25) is 0 Å². The van der Waals surface area contributed by atoms with Crippen LogP contribution in [0.2, 0.25) is 0 Å². The molecule has 2 saturated carbocycles. The van der Waals surface area contributed by atoms with Gasteiger partial charge >= 0.3 is 0 Å². The Morgan fingerprint density at radius 1 is 0.800 bits per heavy atom. The first-order chi connectivity index (χ1) is 14.3. The lowest BCUT2D eigenvalue weighted by Gasteiger charge is -2.38. The highest BCUT2D eigenvalue weighted by atomic mass is 15.5. The van der Waals surface area contributed by atoms with Crippen LogP contribution < -0.4 is 0 Å². The molecule has 5 rings (SSSR count). The summed E-state index contributed by atoms with van der Waals surface area (Å²) in [4.78, 5) is 10.4. The van der Waals surface area contributed by atoms with E-state index >= 15 is 0 Å². The predicted octanol–water partition coefficient (Wildman–Crippen LogP) is 5.92. The molecule has 3 aliphatic rings. The molecule has 1 heterocycles. The Morgan fingerprint density at radius 3 is 1.70 bits per heavy atom. The number of nitrogens with zero attached hydrogens (tertiary/aromatic N) is 3. The van der Waals surface area contributed by atoms with Crippen molar-refractivity contribution < 1.29 is 0 Å². The molecule has 3 nitrogen and oxygen atoms in total. The number of benzene rings is 2. The molecule has 0 unspecified atom stereocenters. The summed E-state index contributed by atoms with van der Waals surface area (Å²) in [6, 6.07) is 22.8. The zero-order valence-corrected chi connectivity index (χ0v) is 19.0. The first-order valence-corrected chi connectivity index (χ1v) is 11.5. The van der Waals surface area contributed by atoms with Gasteiger partial charge in [0.15, 0.2) is 5.96 Å². The molecule has 30 heavy (non-hydrogen) atoms. The van der Waals surface area contributed by atoms with Crippen LogP contribution in [0.1, 0.15) is 63.2 Å².